The second-order valence-electron chi connectivity index (χ2n) is 15.4. The summed E-state index contributed by atoms with van der Waals surface area (Å²) in [5, 5.41) is 0. The minimum absolute atomic E-state index is 0.0139. The van der Waals surface area contributed by atoms with Gasteiger partial charge < -0.3 is 18.9 Å². The van der Waals surface area contributed by atoms with Crippen LogP contribution in [0.5, 0.6) is 0 Å². The van der Waals surface area contributed by atoms with E-state index in [0.29, 0.717) is 30.4 Å². The van der Waals surface area contributed by atoms with Crippen molar-refractivity contribution in [3.8, 4) is 0 Å². The zero-order valence-electron chi connectivity index (χ0n) is 34.2. The van der Waals surface area contributed by atoms with Crippen LogP contribution in [0.1, 0.15) is 201 Å². The molecule has 9 nitrogen and oxygen atoms in total. The van der Waals surface area contributed by atoms with Crippen molar-refractivity contribution >= 4 is 19.8 Å². The normalized spacial score (nSPS) is 13.6. The fourth-order valence-corrected chi connectivity index (χ4v) is 7.20. The van der Waals surface area contributed by atoms with Gasteiger partial charge in [-0.2, -0.15) is 4.57 Å². The third-order valence-electron chi connectivity index (χ3n) is 9.65. The van der Waals surface area contributed by atoms with Gasteiger partial charge in [-0.25, -0.2) is 9.05 Å². The first-order valence-electron chi connectivity index (χ1n) is 21.4. The number of carbonyl (C=O) groups excluding carboxylic acids is 2. The molecule has 0 saturated heterocycles. The average molecular weight is 750 g/mol. The summed E-state index contributed by atoms with van der Waals surface area (Å²) in [6.45, 7) is 7.23. The predicted molar refractivity (Wildman–Crippen MR) is 212 cm³/mol. The summed E-state index contributed by atoms with van der Waals surface area (Å²) in [4.78, 5) is 33.1. The van der Waals surface area contributed by atoms with Gasteiger partial charge in [0.1, 0.15) is 26.3 Å². The van der Waals surface area contributed by atoms with Gasteiger partial charge >= 0.3 is 19.8 Å². The highest BCUT2D eigenvalue weighted by molar-refractivity contribution is 7.47. The second kappa shape index (κ2) is 34.8. The fourth-order valence-electron chi connectivity index (χ4n) is 6.46. The van der Waals surface area contributed by atoms with E-state index in [1.165, 1.54) is 128 Å². The molecule has 51 heavy (non-hydrogen) atoms. The van der Waals surface area contributed by atoms with Crippen LogP contribution in [0.15, 0.2) is 0 Å². The van der Waals surface area contributed by atoms with Crippen LogP contribution in [0.2, 0.25) is 0 Å². The highest BCUT2D eigenvalue weighted by atomic mass is 31.2. The van der Waals surface area contributed by atoms with Crippen LogP contribution in [0.4, 0.5) is 0 Å². The Kier molecular flexibility index (Phi) is 34.1. The molecule has 304 valence electrons. The van der Waals surface area contributed by atoms with E-state index in [1.54, 1.807) is 6.92 Å². The van der Waals surface area contributed by atoms with Crippen LogP contribution in [0.25, 0.3) is 0 Å². The number of nitrogens with zero attached hydrogens (tertiary/aromatic N) is 1. The molecule has 0 heterocycles. The lowest BCUT2D eigenvalue weighted by molar-refractivity contribution is -0.893. The van der Waals surface area contributed by atoms with E-state index in [4.69, 9.17) is 23.4 Å². The Morgan fingerprint density at radius 3 is 1.33 bits per heavy atom. The molecule has 2 atom stereocenters. The number of ether oxygens (including phenoxy) is 2. The summed E-state index contributed by atoms with van der Waals surface area (Å²) in [5.74, 6) is -0.519. The summed E-state index contributed by atoms with van der Waals surface area (Å²) in [7, 11) is 0.0529. The number of quaternary nitrogens is 1. The van der Waals surface area contributed by atoms with Crippen LogP contribution in [0.3, 0.4) is 0 Å². The maximum Gasteiger partial charge on any atom is 0.634 e. The molecule has 0 spiro atoms. The minimum atomic E-state index is -3.84. The van der Waals surface area contributed by atoms with E-state index >= 15 is 0 Å². The largest absolute Gasteiger partial charge is 0.634 e. The first-order chi connectivity index (χ1) is 24.5. The first-order valence-corrected chi connectivity index (χ1v) is 22.9. The Bertz CT molecular complexity index is 856. The molecule has 0 saturated carbocycles. The van der Waals surface area contributed by atoms with E-state index in [9.17, 15) is 14.2 Å². The molecule has 0 aromatic heterocycles. The average Bonchev–Trinajstić information content (AvgIpc) is 3.07. The Labute approximate surface area is 314 Å². The second-order valence-corrected chi connectivity index (χ2v) is 16.9. The van der Waals surface area contributed by atoms with E-state index in [0.717, 1.165) is 38.5 Å². The van der Waals surface area contributed by atoms with Crippen molar-refractivity contribution in [1.29, 1.82) is 0 Å². The molecule has 0 amide bonds. The molecular weight excluding hydrogens is 665 g/mol. The molecule has 0 fully saturated rings. The zero-order valence-corrected chi connectivity index (χ0v) is 35.1. The Balaban J connectivity index is 4.47. The molecule has 10 heteroatoms. The number of hydrogen-bond donors (Lipinski definition) is 0. The molecular formula is C41H84NO8P+2. The summed E-state index contributed by atoms with van der Waals surface area (Å²) in [6.07, 6.45) is 32.6. The maximum absolute atomic E-state index is 12.8. The lowest BCUT2D eigenvalue weighted by atomic mass is 10.0. The highest BCUT2D eigenvalue weighted by Crippen LogP contribution is 2.42. The fraction of sp³-hybridized carbons (Fsp3) is 0.951. The molecule has 0 aliphatic carbocycles. The van der Waals surface area contributed by atoms with Gasteiger partial charge in [-0.1, -0.05) is 168 Å². The summed E-state index contributed by atoms with van der Waals surface area (Å²) in [5.41, 5.74) is 0. The number of hydrogen-bond acceptors (Lipinski definition) is 7. The molecule has 0 aromatic rings. The molecule has 0 bridgehead atoms. The lowest BCUT2D eigenvalue weighted by Gasteiger charge is -2.32. The monoisotopic (exact) mass is 750 g/mol. The van der Waals surface area contributed by atoms with Gasteiger partial charge in [0.15, 0.2) is 6.10 Å². The first kappa shape index (κ1) is 50.0. The van der Waals surface area contributed by atoms with Gasteiger partial charge in [-0.05, 0) is 19.8 Å². The van der Waals surface area contributed by atoms with E-state index in [2.05, 4.69) is 13.8 Å². The Morgan fingerprint density at radius 1 is 0.569 bits per heavy atom. The van der Waals surface area contributed by atoms with Crippen LogP contribution < -0.4 is 0 Å². The summed E-state index contributed by atoms with van der Waals surface area (Å²) < 4.78 is 34.0. The standard InChI is InChI=1S/C41H82NO8P/c1-6-9-11-13-15-17-19-21-23-25-27-29-31-33-40(43)47-38-39(37-42(4,5)35-36-49-51(45,46)48-8-3)50-41(44)34-32-30-28-26-24-22-20-18-16-14-12-10-7-2/h39H,6-38H2,1-5H3/p+2. The van der Waals surface area contributed by atoms with Crippen LogP contribution >= 0.6 is 7.82 Å². The van der Waals surface area contributed by atoms with E-state index in [-0.39, 0.29) is 31.8 Å². The predicted octanol–water partition coefficient (Wildman–Crippen LogP) is 11.4. The highest BCUT2D eigenvalue weighted by Gasteiger charge is 2.31. The van der Waals surface area contributed by atoms with Crippen molar-refractivity contribution in [2.75, 3.05) is 47.0 Å². The van der Waals surface area contributed by atoms with Crippen molar-refractivity contribution in [1.82, 2.24) is 0 Å². The van der Waals surface area contributed by atoms with Gasteiger partial charge in [0.25, 0.3) is 0 Å². The number of likely N-dealkylation sites (N-methyl/N-ethyl adjacent to an activating group) is 1. The number of unbranched alkanes of at least 4 members (excludes halogenated alkanes) is 24. The number of rotatable bonds is 39. The van der Waals surface area contributed by atoms with Crippen LogP contribution in [0, 0.1) is 0 Å². The molecule has 0 aliphatic heterocycles. The third-order valence-corrected chi connectivity index (χ3v) is 10.8. The van der Waals surface area contributed by atoms with E-state index in [1.807, 2.05) is 14.1 Å². The summed E-state index contributed by atoms with van der Waals surface area (Å²) in [6, 6.07) is 0. The van der Waals surface area contributed by atoms with Crippen molar-refractivity contribution < 1.29 is 42.1 Å². The molecule has 2 unspecified atom stereocenters. The van der Waals surface area contributed by atoms with Crippen molar-refractivity contribution in [2.24, 2.45) is 0 Å². The van der Waals surface area contributed by atoms with Gasteiger partial charge in [0.05, 0.1) is 20.7 Å². The zero-order chi connectivity index (χ0) is 37.9. The van der Waals surface area contributed by atoms with Crippen molar-refractivity contribution in [2.45, 2.75) is 207 Å². The molecule has 2 N–H and O–H groups in total. The summed E-state index contributed by atoms with van der Waals surface area (Å²) >= 11 is 0. The number of carbonyl (C=O) groups is 2. The SMILES string of the molecule is CCCCCCCCCCCCCCCC(=O)OCC(C[N+](C)(C)CCOP(=O)([OH2+])OCC)OC(=O)CCCCCCCCCCCCCCC. The maximum atomic E-state index is 12.8. The van der Waals surface area contributed by atoms with Gasteiger partial charge in [0, 0.05) is 12.8 Å². The molecule has 0 radical (unpaired) electrons. The van der Waals surface area contributed by atoms with Gasteiger partial charge in [0.2, 0.25) is 0 Å². The molecule has 0 aliphatic rings. The lowest BCUT2D eigenvalue weighted by Crippen LogP contribution is -2.49. The van der Waals surface area contributed by atoms with Crippen molar-refractivity contribution in [3.63, 3.8) is 0 Å². The molecule has 0 rings (SSSR count). The Hall–Kier alpha value is -0.990. The quantitative estimate of drug-likeness (QED) is 0.0202. The Morgan fingerprint density at radius 2 is 0.941 bits per heavy atom. The number of esters is 2. The molecule has 0 aromatic carbocycles. The minimum Gasteiger partial charge on any atom is -0.461 e. The van der Waals surface area contributed by atoms with Crippen LogP contribution in [-0.4, -0.2) is 74.4 Å². The van der Waals surface area contributed by atoms with E-state index < -0.39 is 13.9 Å². The van der Waals surface area contributed by atoms with Crippen molar-refractivity contribution in [3.05, 3.63) is 0 Å². The smallest absolute Gasteiger partial charge is 0.461 e. The third kappa shape index (κ3) is 35.8. The van der Waals surface area contributed by atoms with Gasteiger partial charge in [-0.15, -0.1) is 0 Å². The van der Waals surface area contributed by atoms with Gasteiger partial charge in [-0.3, -0.25) is 9.59 Å². The van der Waals surface area contributed by atoms with Crippen LogP contribution in [-0.2, 0) is 32.7 Å². The topological polar surface area (TPSA) is 111 Å².